The van der Waals surface area contributed by atoms with Gasteiger partial charge in [0, 0.05) is 18.8 Å². The van der Waals surface area contributed by atoms with E-state index in [-0.39, 0.29) is 0 Å². The van der Waals surface area contributed by atoms with Crippen LogP contribution in [0.4, 0.5) is 5.69 Å². The van der Waals surface area contributed by atoms with Crippen LogP contribution in [0.2, 0.25) is 0 Å². The van der Waals surface area contributed by atoms with Crippen LogP contribution in [-0.4, -0.2) is 18.2 Å². The van der Waals surface area contributed by atoms with Crippen LogP contribution in [0.5, 0.6) is 5.75 Å². The van der Waals surface area contributed by atoms with Crippen molar-refractivity contribution in [1.82, 2.24) is 0 Å². The van der Waals surface area contributed by atoms with Crippen molar-refractivity contribution in [2.24, 2.45) is 0 Å². The molecule has 3 aliphatic heterocycles. The highest BCUT2D eigenvalue weighted by molar-refractivity contribution is 5.61. The van der Waals surface area contributed by atoms with Crippen LogP contribution in [0, 0.1) is 0 Å². The van der Waals surface area contributed by atoms with Gasteiger partial charge in [0.05, 0.1) is 0 Å². The summed E-state index contributed by atoms with van der Waals surface area (Å²) in [6.07, 6.45) is 2.52. The Labute approximate surface area is 77.8 Å². The summed E-state index contributed by atoms with van der Waals surface area (Å²) in [7, 11) is 0. The monoisotopic (exact) mass is 175 g/mol. The molecule has 0 aromatic heterocycles. The van der Waals surface area contributed by atoms with Crippen molar-refractivity contribution >= 4 is 5.69 Å². The molecule has 2 bridgehead atoms. The zero-order chi connectivity index (χ0) is 8.84. The summed E-state index contributed by atoms with van der Waals surface area (Å²) >= 11 is 0. The number of anilines is 1. The molecule has 1 aromatic carbocycles. The number of hydrogen-bond acceptors (Lipinski definition) is 2. The fourth-order valence-corrected chi connectivity index (χ4v) is 2.59. The summed E-state index contributed by atoms with van der Waals surface area (Å²) in [6, 6.07) is 5.78. The van der Waals surface area contributed by atoms with Crippen LogP contribution in [-0.2, 0) is 0 Å². The second kappa shape index (κ2) is 2.41. The average Bonchev–Trinajstić information content (AvgIpc) is 2.19. The lowest BCUT2D eigenvalue weighted by molar-refractivity contribution is 0.455. The van der Waals surface area contributed by atoms with Gasteiger partial charge in [0.15, 0.2) is 0 Å². The molecule has 1 N–H and O–H groups in total. The first-order valence-corrected chi connectivity index (χ1v) is 4.92. The van der Waals surface area contributed by atoms with Gasteiger partial charge in [-0.1, -0.05) is 0 Å². The minimum absolute atomic E-state index is 0.410. The second-order valence-electron chi connectivity index (χ2n) is 4.00. The molecule has 13 heavy (non-hydrogen) atoms. The molecule has 0 atom stereocenters. The Hall–Kier alpha value is -1.18. The highest BCUT2D eigenvalue weighted by Crippen LogP contribution is 2.43. The Balaban J connectivity index is 2.18. The van der Waals surface area contributed by atoms with Gasteiger partial charge in [-0.15, -0.1) is 0 Å². The van der Waals surface area contributed by atoms with Crippen LogP contribution in [0.25, 0.3) is 0 Å². The number of aromatic hydroxyl groups is 1. The summed E-state index contributed by atoms with van der Waals surface area (Å²) < 4.78 is 0. The molecule has 0 radical (unpaired) electrons. The van der Waals surface area contributed by atoms with E-state index in [1.807, 2.05) is 6.07 Å². The fraction of sp³-hybridized carbons (Fsp3) is 0.455. The molecular formula is C11H13NO. The maximum atomic E-state index is 9.40. The summed E-state index contributed by atoms with van der Waals surface area (Å²) in [5, 5.41) is 9.40. The molecule has 2 heteroatoms. The molecule has 1 saturated heterocycles. The van der Waals surface area contributed by atoms with Crippen LogP contribution in [0.15, 0.2) is 18.2 Å². The smallest absolute Gasteiger partial charge is 0.116 e. The third-order valence-corrected chi connectivity index (χ3v) is 3.29. The van der Waals surface area contributed by atoms with Crippen molar-refractivity contribution in [3.63, 3.8) is 0 Å². The lowest BCUT2D eigenvalue weighted by Crippen LogP contribution is -2.38. The van der Waals surface area contributed by atoms with Gasteiger partial charge in [-0.05, 0) is 42.5 Å². The first kappa shape index (κ1) is 7.25. The Morgan fingerprint density at radius 1 is 1.23 bits per heavy atom. The third kappa shape index (κ3) is 0.947. The van der Waals surface area contributed by atoms with Gasteiger partial charge >= 0.3 is 0 Å². The van der Waals surface area contributed by atoms with Gasteiger partial charge < -0.3 is 10.0 Å². The number of piperidine rings is 1. The van der Waals surface area contributed by atoms with Gasteiger partial charge in [0.25, 0.3) is 0 Å². The number of nitrogens with zero attached hydrogens (tertiary/aromatic N) is 1. The Morgan fingerprint density at radius 2 is 2.00 bits per heavy atom. The van der Waals surface area contributed by atoms with Crippen molar-refractivity contribution in [3.8, 4) is 5.75 Å². The van der Waals surface area contributed by atoms with E-state index in [2.05, 4.69) is 11.0 Å². The quantitative estimate of drug-likeness (QED) is 0.652. The maximum Gasteiger partial charge on any atom is 0.116 e. The van der Waals surface area contributed by atoms with Crippen LogP contribution in [0.1, 0.15) is 24.3 Å². The van der Waals surface area contributed by atoms with Crippen LogP contribution in [0.3, 0.4) is 0 Å². The summed E-state index contributed by atoms with van der Waals surface area (Å²) in [5.41, 5.74) is 2.71. The van der Waals surface area contributed by atoms with Crippen LogP contribution < -0.4 is 4.90 Å². The van der Waals surface area contributed by atoms with E-state index in [1.54, 1.807) is 6.07 Å². The highest BCUT2D eigenvalue weighted by Gasteiger charge is 2.30. The summed E-state index contributed by atoms with van der Waals surface area (Å²) in [6.45, 7) is 2.39. The van der Waals surface area contributed by atoms with E-state index in [9.17, 15) is 5.11 Å². The zero-order valence-electron chi connectivity index (χ0n) is 7.53. The van der Waals surface area contributed by atoms with Gasteiger partial charge in [-0.25, -0.2) is 0 Å². The van der Waals surface area contributed by atoms with Gasteiger partial charge in [-0.3, -0.25) is 0 Å². The number of phenolic OH excluding ortho intramolecular Hbond substituents is 1. The molecule has 3 heterocycles. The van der Waals surface area contributed by atoms with E-state index in [0.717, 1.165) is 0 Å². The SMILES string of the molecule is Oc1ccc2c(c1)C1CCN2CC1. The van der Waals surface area contributed by atoms with Gasteiger partial charge in [0.2, 0.25) is 0 Å². The van der Waals surface area contributed by atoms with E-state index < -0.39 is 0 Å². The predicted molar refractivity (Wildman–Crippen MR) is 52.3 cm³/mol. The number of benzene rings is 1. The zero-order valence-corrected chi connectivity index (χ0v) is 7.53. The predicted octanol–water partition coefficient (Wildman–Crippen LogP) is 2.09. The van der Waals surface area contributed by atoms with Crippen molar-refractivity contribution in [3.05, 3.63) is 23.8 Å². The topological polar surface area (TPSA) is 23.5 Å². The fourth-order valence-electron chi connectivity index (χ4n) is 2.59. The number of phenols is 1. The average molecular weight is 175 g/mol. The molecule has 0 spiro atoms. The van der Waals surface area contributed by atoms with E-state index in [1.165, 1.54) is 37.2 Å². The van der Waals surface area contributed by atoms with Crippen LogP contribution >= 0.6 is 0 Å². The lowest BCUT2D eigenvalue weighted by Gasteiger charge is -2.42. The van der Waals surface area contributed by atoms with Crippen molar-refractivity contribution in [2.75, 3.05) is 18.0 Å². The van der Waals surface area contributed by atoms with Gasteiger partial charge in [0.1, 0.15) is 5.75 Å². The van der Waals surface area contributed by atoms with Gasteiger partial charge in [-0.2, -0.15) is 0 Å². The van der Waals surface area contributed by atoms with Crippen molar-refractivity contribution < 1.29 is 5.11 Å². The number of rotatable bonds is 0. The largest absolute Gasteiger partial charge is 0.508 e. The molecule has 2 nitrogen and oxygen atoms in total. The molecule has 0 saturated carbocycles. The van der Waals surface area contributed by atoms with E-state index in [4.69, 9.17) is 0 Å². The molecule has 1 aromatic rings. The molecule has 0 aliphatic carbocycles. The Kier molecular flexibility index (Phi) is 1.34. The number of hydrogen-bond donors (Lipinski definition) is 1. The third-order valence-electron chi connectivity index (χ3n) is 3.29. The first-order chi connectivity index (χ1) is 6.34. The molecule has 68 valence electrons. The molecule has 1 fully saturated rings. The standard InChI is InChI=1S/C11H13NO/c13-9-1-2-11-10(7-9)8-3-5-12(11)6-4-8/h1-2,7-8,13H,3-6H2. The maximum absolute atomic E-state index is 9.40. The minimum atomic E-state index is 0.410. The molecule has 4 rings (SSSR count). The molecular weight excluding hydrogens is 162 g/mol. The van der Waals surface area contributed by atoms with Crippen molar-refractivity contribution in [1.29, 1.82) is 0 Å². The molecule has 0 unspecified atom stereocenters. The Morgan fingerprint density at radius 3 is 2.77 bits per heavy atom. The van der Waals surface area contributed by atoms with E-state index in [0.29, 0.717) is 11.7 Å². The normalized spacial score (nSPS) is 20.5. The lowest BCUT2D eigenvalue weighted by atomic mass is 9.83. The van der Waals surface area contributed by atoms with E-state index >= 15 is 0 Å². The Bertz CT molecular complexity index is 340. The van der Waals surface area contributed by atoms with Crippen molar-refractivity contribution in [2.45, 2.75) is 18.8 Å². The summed E-state index contributed by atoms with van der Waals surface area (Å²) in [5.74, 6) is 1.11. The minimum Gasteiger partial charge on any atom is -0.508 e. The second-order valence-corrected chi connectivity index (χ2v) is 4.00. The molecule has 0 amide bonds. The number of fused-ring (bicyclic) bond motifs is 2. The first-order valence-electron chi connectivity index (χ1n) is 4.92. The highest BCUT2D eigenvalue weighted by atomic mass is 16.3. The summed E-state index contributed by atoms with van der Waals surface area (Å²) in [4.78, 5) is 2.43. The molecule has 3 aliphatic rings.